The molecule has 2 atom stereocenters. The molecular formula is C18H30N2O. The normalized spacial score (nSPS) is 27.8. The van der Waals surface area contributed by atoms with Crippen molar-refractivity contribution in [3.05, 3.63) is 35.9 Å². The van der Waals surface area contributed by atoms with Gasteiger partial charge in [-0.25, -0.2) is 0 Å². The minimum atomic E-state index is -0.0638. The number of piperazine rings is 1. The Hall–Kier alpha value is -0.900. The first-order chi connectivity index (χ1) is 9.87. The van der Waals surface area contributed by atoms with Crippen LogP contribution in [0.1, 0.15) is 39.7 Å². The Balaban J connectivity index is 2.17. The first-order valence-electron chi connectivity index (χ1n) is 7.96. The third-order valence-corrected chi connectivity index (χ3v) is 4.92. The average molecular weight is 290 g/mol. The van der Waals surface area contributed by atoms with Gasteiger partial charge in [0, 0.05) is 32.8 Å². The van der Waals surface area contributed by atoms with E-state index in [4.69, 9.17) is 4.74 Å². The van der Waals surface area contributed by atoms with Gasteiger partial charge in [-0.1, -0.05) is 30.3 Å². The topological polar surface area (TPSA) is 24.5 Å². The summed E-state index contributed by atoms with van der Waals surface area (Å²) in [7, 11) is 1.80. The zero-order valence-corrected chi connectivity index (χ0v) is 14.1. The lowest BCUT2D eigenvalue weighted by atomic mass is 9.86. The molecule has 21 heavy (non-hydrogen) atoms. The molecule has 0 spiro atoms. The maximum atomic E-state index is 5.59. The molecule has 2 unspecified atom stereocenters. The Morgan fingerprint density at radius 2 is 2.00 bits per heavy atom. The van der Waals surface area contributed by atoms with Gasteiger partial charge < -0.3 is 10.1 Å². The van der Waals surface area contributed by atoms with Crippen molar-refractivity contribution < 1.29 is 4.74 Å². The Bertz CT molecular complexity index is 446. The summed E-state index contributed by atoms with van der Waals surface area (Å²) in [6.45, 7) is 12.1. The molecule has 0 aromatic heterocycles. The summed E-state index contributed by atoms with van der Waals surface area (Å²) in [5.41, 5.74) is 1.38. The molecule has 0 bridgehead atoms. The highest BCUT2D eigenvalue weighted by molar-refractivity contribution is 5.25. The van der Waals surface area contributed by atoms with E-state index in [0.29, 0.717) is 6.04 Å². The molecule has 2 rings (SSSR count). The van der Waals surface area contributed by atoms with E-state index in [9.17, 15) is 0 Å². The van der Waals surface area contributed by atoms with Crippen LogP contribution < -0.4 is 5.32 Å². The SMILES string of the molecule is COC(C)(C)CCN1CC(C)NCC1(C)c1ccccc1. The zero-order valence-electron chi connectivity index (χ0n) is 14.1. The minimum absolute atomic E-state index is 0.0532. The van der Waals surface area contributed by atoms with Crippen molar-refractivity contribution >= 4 is 0 Å². The van der Waals surface area contributed by atoms with Crippen LogP contribution in [0.4, 0.5) is 0 Å². The Morgan fingerprint density at radius 3 is 2.62 bits per heavy atom. The number of hydrogen-bond donors (Lipinski definition) is 1. The van der Waals surface area contributed by atoms with Crippen LogP contribution in [0.3, 0.4) is 0 Å². The number of benzene rings is 1. The Kier molecular flexibility index (Phi) is 5.07. The lowest BCUT2D eigenvalue weighted by molar-refractivity contribution is -0.0148. The lowest BCUT2D eigenvalue weighted by Crippen LogP contribution is -2.61. The number of hydrogen-bond acceptors (Lipinski definition) is 3. The predicted molar refractivity (Wildman–Crippen MR) is 88.5 cm³/mol. The second kappa shape index (κ2) is 6.47. The number of methoxy groups -OCH3 is 1. The predicted octanol–water partition coefficient (Wildman–Crippen LogP) is 3.01. The van der Waals surface area contributed by atoms with Gasteiger partial charge in [0.1, 0.15) is 0 Å². The van der Waals surface area contributed by atoms with Crippen molar-refractivity contribution in [2.24, 2.45) is 0 Å². The fourth-order valence-electron chi connectivity index (χ4n) is 3.01. The van der Waals surface area contributed by atoms with Gasteiger partial charge in [-0.15, -0.1) is 0 Å². The molecule has 1 aliphatic heterocycles. The van der Waals surface area contributed by atoms with Gasteiger partial charge in [-0.2, -0.15) is 0 Å². The molecule has 3 heteroatoms. The molecule has 1 fully saturated rings. The molecule has 1 aliphatic rings. The summed E-state index contributed by atoms with van der Waals surface area (Å²) < 4.78 is 5.59. The molecule has 0 radical (unpaired) electrons. The van der Waals surface area contributed by atoms with E-state index in [-0.39, 0.29) is 11.1 Å². The molecule has 1 aromatic rings. The van der Waals surface area contributed by atoms with Gasteiger partial charge in [-0.3, -0.25) is 4.90 Å². The third kappa shape index (κ3) is 3.85. The van der Waals surface area contributed by atoms with Gasteiger partial charge in [0.05, 0.1) is 11.1 Å². The van der Waals surface area contributed by atoms with E-state index in [1.54, 1.807) is 7.11 Å². The molecule has 1 saturated heterocycles. The van der Waals surface area contributed by atoms with Crippen molar-refractivity contribution in [2.75, 3.05) is 26.7 Å². The molecule has 0 saturated carbocycles. The van der Waals surface area contributed by atoms with E-state index in [1.165, 1.54) is 5.56 Å². The highest BCUT2D eigenvalue weighted by atomic mass is 16.5. The number of nitrogens with zero attached hydrogens (tertiary/aromatic N) is 1. The first-order valence-corrected chi connectivity index (χ1v) is 7.96. The second-order valence-corrected chi connectivity index (χ2v) is 7.08. The molecule has 3 nitrogen and oxygen atoms in total. The van der Waals surface area contributed by atoms with E-state index in [2.05, 4.69) is 68.2 Å². The highest BCUT2D eigenvalue weighted by Gasteiger charge is 2.38. The van der Waals surface area contributed by atoms with Crippen molar-refractivity contribution in [1.82, 2.24) is 10.2 Å². The molecule has 1 aromatic carbocycles. The van der Waals surface area contributed by atoms with Crippen LogP contribution in [0.5, 0.6) is 0 Å². The lowest BCUT2D eigenvalue weighted by Gasteiger charge is -2.48. The van der Waals surface area contributed by atoms with Crippen molar-refractivity contribution in [3.8, 4) is 0 Å². The standard InChI is InChI=1S/C18H30N2O/c1-15-13-20(12-11-17(2,3)21-5)18(4,14-19-15)16-9-7-6-8-10-16/h6-10,15,19H,11-14H2,1-5H3. The minimum Gasteiger partial charge on any atom is -0.379 e. The Morgan fingerprint density at radius 1 is 1.33 bits per heavy atom. The number of rotatable bonds is 5. The zero-order chi connectivity index (χ0) is 15.5. The highest BCUT2D eigenvalue weighted by Crippen LogP contribution is 2.31. The maximum absolute atomic E-state index is 5.59. The van der Waals surface area contributed by atoms with E-state index in [0.717, 1.165) is 26.1 Å². The third-order valence-electron chi connectivity index (χ3n) is 4.92. The molecule has 1 N–H and O–H groups in total. The molecule has 1 heterocycles. The maximum Gasteiger partial charge on any atom is 0.0634 e. The summed E-state index contributed by atoms with van der Waals surface area (Å²) in [6, 6.07) is 11.4. The molecule has 0 aliphatic carbocycles. The van der Waals surface area contributed by atoms with Crippen LogP contribution in [-0.4, -0.2) is 43.3 Å². The quantitative estimate of drug-likeness (QED) is 0.902. The van der Waals surface area contributed by atoms with E-state index >= 15 is 0 Å². The molecular weight excluding hydrogens is 260 g/mol. The number of nitrogens with one attached hydrogen (secondary N) is 1. The fraction of sp³-hybridized carbons (Fsp3) is 0.667. The van der Waals surface area contributed by atoms with E-state index < -0.39 is 0 Å². The van der Waals surface area contributed by atoms with Crippen LogP contribution in [0, 0.1) is 0 Å². The van der Waals surface area contributed by atoms with Crippen LogP contribution in [0.15, 0.2) is 30.3 Å². The van der Waals surface area contributed by atoms with Crippen molar-refractivity contribution in [2.45, 2.75) is 51.3 Å². The van der Waals surface area contributed by atoms with Gasteiger partial charge in [0.2, 0.25) is 0 Å². The van der Waals surface area contributed by atoms with Crippen LogP contribution in [0.2, 0.25) is 0 Å². The summed E-state index contributed by atoms with van der Waals surface area (Å²) in [4.78, 5) is 2.62. The molecule has 0 amide bonds. The second-order valence-electron chi connectivity index (χ2n) is 7.08. The van der Waals surface area contributed by atoms with Gasteiger partial charge in [0.25, 0.3) is 0 Å². The monoisotopic (exact) mass is 290 g/mol. The smallest absolute Gasteiger partial charge is 0.0634 e. The van der Waals surface area contributed by atoms with Crippen molar-refractivity contribution in [1.29, 1.82) is 0 Å². The van der Waals surface area contributed by atoms with Gasteiger partial charge in [-0.05, 0) is 39.7 Å². The summed E-state index contributed by atoms with van der Waals surface area (Å²) in [6.07, 6.45) is 1.04. The van der Waals surface area contributed by atoms with Crippen LogP contribution in [0.25, 0.3) is 0 Å². The van der Waals surface area contributed by atoms with Crippen molar-refractivity contribution in [3.63, 3.8) is 0 Å². The average Bonchev–Trinajstić information content (AvgIpc) is 2.49. The molecule has 118 valence electrons. The van der Waals surface area contributed by atoms with Gasteiger partial charge in [0.15, 0.2) is 0 Å². The van der Waals surface area contributed by atoms with Crippen LogP contribution >= 0.6 is 0 Å². The summed E-state index contributed by atoms with van der Waals surface area (Å²) >= 11 is 0. The number of ether oxygens (including phenoxy) is 1. The van der Waals surface area contributed by atoms with Crippen LogP contribution in [-0.2, 0) is 10.3 Å². The van der Waals surface area contributed by atoms with Gasteiger partial charge >= 0.3 is 0 Å². The largest absolute Gasteiger partial charge is 0.379 e. The summed E-state index contributed by atoms with van der Waals surface area (Å²) in [5.74, 6) is 0. The summed E-state index contributed by atoms with van der Waals surface area (Å²) in [5, 5.41) is 3.64. The first kappa shape index (κ1) is 16.5. The Labute approximate surface area is 129 Å². The fourth-order valence-corrected chi connectivity index (χ4v) is 3.01. The van der Waals surface area contributed by atoms with E-state index in [1.807, 2.05) is 0 Å².